The van der Waals surface area contributed by atoms with Crippen LogP contribution in [0.2, 0.25) is 0 Å². The van der Waals surface area contributed by atoms with E-state index < -0.39 is 12.6 Å². The van der Waals surface area contributed by atoms with Crippen LogP contribution >= 0.6 is 0 Å². The summed E-state index contributed by atoms with van der Waals surface area (Å²) in [5.41, 5.74) is 0. The van der Waals surface area contributed by atoms with E-state index >= 15 is 0 Å². The minimum atomic E-state index is -4.03. The van der Waals surface area contributed by atoms with E-state index in [-0.39, 0.29) is 6.04 Å². The predicted octanol–water partition coefficient (Wildman–Crippen LogP) is 2.72. The van der Waals surface area contributed by atoms with Gasteiger partial charge in [0.1, 0.15) is 0 Å². The Morgan fingerprint density at radius 2 is 2.00 bits per heavy atom. The van der Waals surface area contributed by atoms with Crippen LogP contribution in [-0.2, 0) is 0 Å². The number of nitrogens with one attached hydrogen (secondary N) is 1. The van der Waals surface area contributed by atoms with Gasteiger partial charge in [-0.2, -0.15) is 13.2 Å². The van der Waals surface area contributed by atoms with Gasteiger partial charge in [0.05, 0.1) is 6.42 Å². The zero-order valence-corrected chi connectivity index (χ0v) is 7.82. The molecule has 13 heavy (non-hydrogen) atoms. The summed E-state index contributed by atoms with van der Waals surface area (Å²) < 4.78 is 36.2. The third kappa shape index (κ3) is 5.13. The number of hydrogen-bond acceptors (Lipinski definition) is 1. The second-order valence-electron chi connectivity index (χ2n) is 3.75. The van der Waals surface area contributed by atoms with Crippen LogP contribution in [0.1, 0.15) is 32.6 Å². The molecule has 0 heterocycles. The van der Waals surface area contributed by atoms with E-state index in [9.17, 15) is 13.2 Å². The molecule has 0 aromatic heterocycles. The molecule has 1 rings (SSSR count). The highest BCUT2D eigenvalue weighted by molar-refractivity contribution is 4.81. The van der Waals surface area contributed by atoms with Crippen molar-refractivity contribution in [2.24, 2.45) is 5.92 Å². The second-order valence-corrected chi connectivity index (χ2v) is 3.75. The number of rotatable bonds is 5. The van der Waals surface area contributed by atoms with Gasteiger partial charge in [0.2, 0.25) is 0 Å². The Morgan fingerprint density at radius 1 is 1.38 bits per heavy atom. The first kappa shape index (κ1) is 10.8. The molecular weight excluding hydrogens is 179 g/mol. The molecule has 1 aliphatic rings. The van der Waals surface area contributed by atoms with Crippen LogP contribution in [0, 0.1) is 5.92 Å². The Morgan fingerprint density at radius 3 is 2.38 bits per heavy atom. The molecule has 0 aromatic rings. The molecule has 1 unspecified atom stereocenters. The Balaban J connectivity index is 2.27. The number of alkyl halides is 3. The highest BCUT2D eigenvalue weighted by Gasteiger charge is 2.34. The lowest BCUT2D eigenvalue weighted by atomic mass is 10.1. The van der Waals surface area contributed by atoms with E-state index in [4.69, 9.17) is 0 Å². The lowest BCUT2D eigenvalue weighted by Crippen LogP contribution is -2.34. The average molecular weight is 195 g/mol. The molecule has 1 atom stereocenters. The van der Waals surface area contributed by atoms with E-state index in [1.54, 1.807) is 0 Å². The molecule has 1 aliphatic carbocycles. The van der Waals surface area contributed by atoms with Crippen LogP contribution < -0.4 is 5.32 Å². The van der Waals surface area contributed by atoms with Gasteiger partial charge >= 0.3 is 6.18 Å². The fraction of sp³-hybridized carbons (Fsp3) is 1.00. The summed E-state index contributed by atoms with van der Waals surface area (Å²) >= 11 is 0. The molecule has 1 fully saturated rings. The fourth-order valence-electron chi connectivity index (χ4n) is 1.56. The van der Waals surface area contributed by atoms with Crippen molar-refractivity contribution in [2.75, 3.05) is 6.54 Å². The maximum Gasteiger partial charge on any atom is 0.390 e. The van der Waals surface area contributed by atoms with Crippen LogP contribution in [0.15, 0.2) is 0 Å². The molecule has 4 heteroatoms. The molecular formula is C9H16F3N. The van der Waals surface area contributed by atoms with Crippen molar-refractivity contribution in [1.29, 1.82) is 0 Å². The summed E-state index contributed by atoms with van der Waals surface area (Å²) in [6.07, 6.45) is -1.80. The molecule has 0 aromatic carbocycles. The first-order valence-corrected chi connectivity index (χ1v) is 4.81. The van der Waals surface area contributed by atoms with Crippen LogP contribution in [-0.4, -0.2) is 18.8 Å². The first-order chi connectivity index (χ1) is 6.01. The van der Waals surface area contributed by atoms with Gasteiger partial charge in [-0.3, -0.25) is 0 Å². The van der Waals surface area contributed by atoms with E-state index in [2.05, 4.69) is 5.32 Å². The first-order valence-electron chi connectivity index (χ1n) is 4.81. The summed E-state index contributed by atoms with van der Waals surface area (Å²) in [6, 6.07) is -0.363. The topological polar surface area (TPSA) is 12.0 Å². The van der Waals surface area contributed by atoms with Gasteiger partial charge in [-0.15, -0.1) is 0 Å². The van der Waals surface area contributed by atoms with E-state index in [1.807, 2.05) is 6.92 Å². The van der Waals surface area contributed by atoms with Gasteiger partial charge in [0, 0.05) is 6.04 Å². The fourth-order valence-corrected chi connectivity index (χ4v) is 1.56. The Kier molecular flexibility index (Phi) is 3.59. The largest absolute Gasteiger partial charge is 0.390 e. The van der Waals surface area contributed by atoms with Crippen molar-refractivity contribution >= 4 is 0 Å². The van der Waals surface area contributed by atoms with Gasteiger partial charge in [0.25, 0.3) is 0 Å². The van der Waals surface area contributed by atoms with E-state index in [1.165, 1.54) is 0 Å². The lowest BCUT2D eigenvalue weighted by Gasteiger charge is -2.18. The van der Waals surface area contributed by atoms with Gasteiger partial charge in [-0.25, -0.2) is 0 Å². The Hall–Kier alpha value is -0.250. The maximum atomic E-state index is 12.1. The lowest BCUT2D eigenvalue weighted by molar-refractivity contribution is -0.140. The Labute approximate surface area is 76.7 Å². The van der Waals surface area contributed by atoms with Crippen LogP contribution in [0.4, 0.5) is 13.2 Å². The van der Waals surface area contributed by atoms with Crippen molar-refractivity contribution in [2.45, 2.75) is 44.8 Å². The number of hydrogen-bond donors (Lipinski definition) is 1. The van der Waals surface area contributed by atoms with E-state index in [0.29, 0.717) is 18.9 Å². The SMILES string of the molecule is CCNC(CC1CC1)CC(F)(F)F. The summed E-state index contributed by atoms with van der Waals surface area (Å²) in [6.45, 7) is 2.46. The summed E-state index contributed by atoms with van der Waals surface area (Å²) in [5.74, 6) is 0.548. The molecule has 1 N–H and O–H groups in total. The quantitative estimate of drug-likeness (QED) is 0.711. The van der Waals surface area contributed by atoms with Crippen molar-refractivity contribution in [3.8, 4) is 0 Å². The highest BCUT2D eigenvalue weighted by Crippen LogP contribution is 2.35. The molecule has 0 aliphatic heterocycles. The van der Waals surface area contributed by atoms with Crippen LogP contribution in [0.25, 0.3) is 0 Å². The van der Waals surface area contributed by atoms with Crippen molar-refractivity contribution in [3.63, 3.8) is 0 Å². The smallest absolute Gasteiger partial charge is 0.314 e. The Bertz CT molecular complexity index is 151. The normalized spacial score (nSPS) is 20.3. The van der Waals surface area contributed by atoms with Crippen molar-refractivity contribution in [1.82, 2.24) is 5.32 Å². The monoisotopic (exact) mass is 195 g/mol. The standard InChI is InChI=1S/C9H16F3N/c1-2-13-8(5-7-3-4-7)6-9(10,11)12/h7-8,13H,2-6H2,1H3. The van der Waals surface area contributed by atoms with Crippen LogP contribution in [0.5, 0.6) is 0 Å². The zero-order chi connectivity index (χ0) is 9.90. The molecule has 0 radical (unpaired) electrons. The van der Waals surface area contributed by atoms with Gasteiger partial charge in [-0.05, 0) is 18.9 Å². The molecule has 78 valence electrons. The second kappa shape index (κ2) is 4.31. The van der Waals surface area contributed by atoms with Gasteiger partial charge in [0.15, 0.2) is 0 Å². The highest BCUT2D eigenvalue weighted by atomic mass is 19.4. The summed E-state index contributed by atoms with van der Waals surface area (Å²) in [4.78, 5) is 0. The molecule has 0 spiro atoms. The number of halogens is 3. The van der Waals surface area contributed by atoms with E-state index in [0.717, 1.165) is 12.8 Å². The van der Waals surface area contributed by atoms with Gasteiger partial charge < -0.3 is 5.32 Å². The van der Waals surface area contributed by atoms with Crippen molar-refractivity contribution < 1.29 is 13.2 Å². The molecule has 0 saturated heterocycles. The third-order valence-electron chi connectivity index (χ3n) is 2.29. The molecule has 1 saturated carbocycles. The third-order valence-corrected chi connectivity index (χ3v) is 2.29. The zero-order valence-electron chi connectivity index (χ0n) is 7.82. The molecule has 1 nitrogen and oxygen atoms in total. The summed E-state index contributed by atoms with van der Waals surface area (Å²) in [7, 11) is 0. The minimum Gasteiger partial charge on any atom is -0.314 e. The van der Waals surface area contributed by atoms with Crippen molar-refractivity contribution in [3.05, 3.63) is 0 Å². The minimum absolute atomic E-state index is 0.363. The molecule has 0 bridgehead atoms. The predicted molar refractivity (Wildman–Crippen MR) is 45.5 cm³/mol. The molecule has 0 amide bonds. The maximum absolute atomic E-state index is 12.1. The average Bonchev–Trinajstić information content (AvgIpc) is 2.68. The summed E-state index contributed by atoms with van der Waals surface area (Å²) in [5, 5.41) is 2.89. The van der Waals surface area contributed by atoms with Crippen LogP contribution in [0.3, 0.4) is 0 Å². The van der Waals surface area contributed by atoms with Gasteiger partial charge in [-0.1, -0.05) is 19.8 Å².